The highest BCUT2D eigenvalue weighted by atomic mass is 35.5. The van der Waals surface area contributed by atoms with Crippen molar-refractivity contribution in [2.45, 2.75) is 31.6 Å². The van der Waals surface area contributed by atoms with Gasteiger partial charge in [0.1, 0.15) is 0 Å². The summed E-state index contributed by atoms with van der Waals surface area (Å²) >= 11 is 6.33. The van der Waals surface area contributed by atoms with Crippen molar-refractivity contribution in [3.8, 4) is 0 Å². The smallest absolute Gasteiger partial charge is 0.275 e. The topological polar surface area (TPSA) is 104 Å². The molecule has 1 aliphatic carbocycles. The zero-order valence-corrected chi connectivity index (χ0v) is 19.4. The number of nitrogens with zero attached hydrogens (tertiary/aromatic N) is 4. The minimum atomic E-state index is -0.216. The lowest BCUT2D eigenvalue weighted by molar-refractivity contribution is -0.104. The average Bonchev–Trinajstić information content (AvgIpc) is 2.74. The molecule has 2 N–H and O–H groups in total. The number of benzene rings is 1. The van der Waals surface area contributed by atoms with Gasteiger partial charge in [-0.1, -0.05) is 17.7 Å². The molecule has 2 aromatic heterocycles. The van der Waals surface area contributed by atoms with Gasteiger partial charge in [-0.25, -0.2) is 9.78 Å². The van der Waals surface area contributed by atoms with E-state index in [1.54, 1.807) is 31.6 Å². The number of nitrogens with one attached hydrogen (secondary N) is 1. The molecular formula is C24H28ClN5O3. The highest BCUT2D eigenvalue weighted by Gasteiger charge is 2.53. The molecule has 1 spiro atoms. The molecule has 9 heteroatoms. The standard InChI is InChI=1S/C24H28ClN5O3/c1-29-23(33)22-18(11-27-29)17(4-5-20(22)25)19(12-31)16-8-24(9-16)13-30(14-24)6-2-3-15-7-21(32)28-26-10-15/h4-5,7,10-11,16,19,31H,2-3,6,8-9,12-14H2,1H3,(H,28,32). The maximum absolute atomic E-state index is 12.6. The first kappa shape index (κ1) is 22.3. The highest BCUT2D eigenvalue weighted by molar-refractivity contribution is 6.35. The largest absolute Gasteiger partial charge is 0.396 e. The van der Waals surface area contributed by atoms with Crippen molar-refractivity contribution in [2.75, 3.05) is 26.2 Å². The van der Waals surface area contributed by atoms with Gasteiger partial charge < -0.3 is 10.0 Å². The number of aliphatic hydroxyl groups is 1. The number of fused-ring (bicyclic) bond motifs is 1. The molecular weight excluding hydrogens is 442 g/mol. The summed E-state index contributed by atoms with van der Waals surface area (Å²) in [6.07, 6.45) is 7.42. The SMILES string of the molecule is Cn1ncc2c(C(CO)C3CC4(C3)CN(CCCc3cn[nH]c(=O)c3)C4)ccc(Cl)c2c1=O. The first-order valence-electron chi connectivity index (χ1n) is 11.4. The van der Waals surface area contributed by atoms with Gasteiger partial charge in [0.25, 0.3) is 11.1 Å². The van der Waals surface area contributed by atoms with E-state index in [0.717, 1.165) is 61.8 Å². The number of H-pyrrole nitrogens is 1. The van der Waals surface area contributed by atoms with E-state index in [0.29, 0.717) is 21.7 Å². The van der Waals surface area contributed by atoms with Crippen molar-refractivity contribution >= 4 is 22.4 Å². The summed E-state index contributed by atoms with van der Waals surface area (Å²) in [7, 11) is 1.61. The molecule has 8 nitrogen and oxygen atoms in total. The summed E-state index contributed by atoms with van der Waals surface area (Å²) in [5, 5.41) is 22.3. The van der Waals surface area contributed by atoms with E-state index in [2.05, 4.69) is 20.2 Å². The maximum atomic E-state index is 12.6. The molecule has 2 fully saturated rings. The van der Waals surface area contributed by atoms with Crippen LogP contribution in [-0.2, 0) is 13.5 Å². The highest BCUT2D eigenvalue weighted by Crippen LogP contribution is 2.56. The molecule has 33 heavy (non-hydrogen) atoms. The van der Waals surface area contributed by atoms with Gasteiger partial charge in [0, 0.05) is 37.5 Å². The molecule has 2 aliphatic rings. The molecule has 174 valence electrons. The molecule has 3 aromatic rings. The lowest BCUT2D eigenvalue weighted by Gasteiger charge is -2.61. The van der Waals surface area contributed by atoms with Crippen LogP contribution in [-0.4, -0.2) is 56.2 Å². The molecule has 0 bridgehead atoms. The number of hydrogen-bond donors (Lipinski definition) is 2. The van der Waals surface area contributed by atoms with Crippen molar-refractivity contribution in [2.24, 2.45) is 18.4 Å². The third-order valence-corrected chi connectivity index (χ3v) is 7.75. The number of aryl methyl sites for hydroxylation is 2. The molecule has 1 saturated carbocycles. The van der Waals surface area contributed by atoms with Crippen LogP contribution in [0.3, 0.4) is 0 Å². The fourth-order valence-corrected chi connectivity index (χ4v) is 6.11. The van der Waals surface area contributed by atoms with Crippen LogP contribution in [0.15, 0.2) is 40.2 Å². The molecule has 1 unspecified atom stereocenters. The summed E-state index contributed by atoms with van der Waals surface area (Å²) in [5.74, 6) is 0.356. The van der Waals surface area contributed by atoms with E-state index >= 15 is 0 Å². The minimum Gasteiger partial charge on any atom is -0.396 e. The monoisotopic (exact) mass is 469 g/mol. The molecule has 1 aromatic carbocycles. The Bertz CT molecular complexity index is 1290. The first-order valence-corrected chi connectivity index (χ1v) is 11.8. The molecule has 0 amide bonds. The predicted molar refractivity (Wildman–Crippen MR) is 127 cm³/mol. The number of hydrogen-bond acceptors (Lipinski definition) is 6. The van der Waals surface area contributed by atoms with E-state index < -0.39 is 0 Å². The zero-order valence-electron chi connectivity index (χ0n) is 18.6. The predicted octanol–water partition coefficient (Wildman–Crippen LogP) is 2.09. The Morgan fingerprint density at radius 3 is 2.79 bits per heavy atom. The van der Waals surface area contributed by atoms with Crippen molar-refractivity contribution in [3.63, 3.8) is 0 Å². The Balaban J connectivity index is 1.20. The van der Waals surface area contributed by atoms with Gasteiger partial charge in [0.15, 0.2) is 0 Å². The van der Waals surface area contributed by atoms with Crippen LogP contribution in [0.2, 0.25) is 5.02 Å². The van der Waals surface area contributed by atoms with Crippen LogP contribution in [0.4, 0.5) is 0 Å². The van der Waals surface area contributed by atoms with E-state index in [1.807, 2.05) is 6.07 Å². The summed E-state index contributed by atoms with van der Waals surface area (Å²) in [4.78, 5) is 26.4. The number of likely N-dealkylation sites (tertiary alicyclic amines) is 1. The normalized spacial score (nSPS) is 18.9. The average molecular weight is 470 g/mol. The number of aromatic amines is 1. The molecule has 0 radical (unpaired) electrons. The van der Waals surface area contributed by atoms with Crippen LogP contribution in [0.25, 0.3) is 10.8 Å². The van der Waals surface area contributed by atoms with Gasteiger partial charge in [0.2, 0.25) is 0 Å². The van der Waals surface area contributed by atoms with Gasteiger partial charge >= 0.3 is 0 Å². The van der Waals surface area contributed by atoms with Crippen LogP contribution in [0, 0.1) is 11.3 Å². The third kappa shape index (κ3) is 4.11. The summed E-state index contributed by atoms with van der Waals surface area (Å²) in [6, 6.07) is 5.31. The maximum Gasteiger partial charge on any atom is 0.275 e. The number of aliphatic hydroxyl groups excluding tert-OH is 1. The fourth-order valence-electron chi connectivity index (χ4n) is 5.86. The second-order valence-electron chi connectivity index (χ2n) is 9.72. The fraction of sp³-hybridized carbons (Fsp3) is 0.500. The first-order chi connectivity index (χ1) is 15.9. The van der Waals surface area contributed by atoms with Gasteiger partial charge in [-0.3, -0.25) is 9.59 Å². The van der Waals surface area contributed by atoms with E-state index in [9.17, 15) is 14.7 Å². The van der Waals surface area contributed by atoms with Crippen LogP contribution in [0.1, 0.15) is 36.3 Å². The van der Waals surface area contributed by atoms with Gasteiger partial charge in [-0.05, 0) is 60.8 Å². The van der Waals surface area contributed by atoms with Gasteiger partial charge in [0.05, 0.1) is 29.4 Å². The second-order valence-corrected chi connectivity index (χ2v) is 10.1. The van der Waals surface area contributed by atoms with Crippen LogP contribution < -0.4 is 11.1 Å². The van der Waals surface area contributed by atoms with E-state index in [4.69, 9.17) is 11.6 Å². The minimum absolute atomic E-state index is 0.0259. The van der Waals surface area contributed by atoms with Crippen molar-refractivity contribution in [1.29, 1.82) is 0 Å². The zero-order chi connectivity index (χ0) is 23.2. The van der Waals surface area contributed by atoms with Crippen LogP contribution in [0.5, 0.6) is 0 Å². The lowest BCUT2D eigenvalue weighted by atomic mass is 9.54. The molecule has 5 rings (SSSR count). The number of aromatic nitrogens is 4. The molecule has 1 aliphatic heterocycles. The summed E-state index contributed by atoms with van der Waals surface area (Å²) in [6.45, 7) is 3.22. The number of rotatable bonds is 7. The number of halogens is 1. The summed E-state index contributed by atoms with van der Waals surface area (Å²) in [5.41, 5.74) is 1.92. The van der Waals surface area contributed by atoms with Gasteiger partial charge in [-0.2, -0.15) is 10.2 Å². The quantitative estimate of drug-likeness (QED) is 0.549. The summed E-state index contributed by atoms with van der Waals surface area (Å²) < 4.78 is 1.29. The van der Waals surface area contributed by atoms with Crippen molar-refractivity contribution in [3.05, 3.63) is 67.4 Å². The van der Waals surface area contributed by atoms with Crippen molar-refractivity contribution < 1.29 is 5.11 Å². The Morgan fingerprint density at radius 2 is 2.06 bits per heavy atom. The van der Waals surface area contributed by atoms with Crippen molar-refractivity contribution in [1.82, 2.24) is 24.9 Å². The Kier molecular flexibility index (Phi) is 5.84. The van der Waals surface area contributed by atoms with Crippen LogP contribution >= 0.6 is 11.6 Å². The Hall–Kier alpha value is -2.55. The second kappa shape index (κ2) is 8.66. The van der Waals surface area contributed by atoms with E-state index in [1.165, 1.54) is 4.68 Å². The van der Waals surface area contributed by atoms with Gasteiger partial charge in [-0.15, -0.1) is 0 Å². The molecule has 1 atom stereocenters. The molecule has 3 heterocycles. The Morgan fingerprint density at radius 1 is 1.27 bits per heavy atom. The Labute approximate surface area is 196 Å². The van der Waals surface area contributed by atoms with E-state index in [-0.39, 0.29) is 23.6 Å². The molecule has 1 saturated heterocycles. The lowest BCUT2D eigenvalue weighted by Crippen LogP contribution is -2.63. The third-order valence-electron chi connectivity index (χ3n) is 7.43.